The molecule has 0 bridgehead atoms. The smallest absolute Gasteiger partial charge is 0.316 e. The Labute approximate surface area is 236 Å². The van der Waals surface area contributed by atoms with E-state index in [1.165, 1.54) is 4.68 Å². The molecule has 2 fully saturated rings. The molecule has 5 rings (SSSR count). The summed E-state index contributed by atoms with van der Waals surface area (Å²) >= 11 is 4.95. The van der Waals surface area contributed by atoms with Crippen molar-refractivity contribution < 1.29 is 14.0 Å². The predicted molar refractivity (Wildman–Crippen MR) is 155 cm³/mol. The Hall–Kier alpha value is -2.92. The maximum Gasteiger partial charge on any atom is 0.316 e. The highest BCUT2D eigenvalue weighted by Crippen LogP contribution is 2.45. The standard InChI is InChI=1S/C28H34ClN5O4S/c1-3-37-25-15-20(7-8-23(25)30)18-39(36)33-13-11-32(12-14-33)24-17-31-34(22-6-4-5-21(29)16-22)27(35)26(24)38-19-28(2)9-10-28/h4-8,15-17H,3,9-14,18-19,30H2,1-2H3. The topological polar surface area (TPSA) is 109 Å². The molecule has 0 spiro atoms. The van der Waals surface area contributed by atoms with E-state index in [4.69, 9.17) is 26.8 Å². The summed E-state index contributed by atoms with van der Waals surface area (Å²) in [4.78, 5) is 15.7. The normalized spacial score (nSPS) is 17.6. The van der Waals surface area contributed by atoms with Crippen molar-refractivity contribution >= 4 is 34.3 Å². The number of hydrogen-bond acceptors (Lipinski definition) is 8. The van der Waals surface area contributed by atoms with Gasteiger partial charge in [-0.3, -0.25) is 4.79 Å². The Kier molecular flexibility index (Phi) is 8.27. The van der Waals surface area contributed by atoms with E-state index in [1.807, 2.05) is 23.4 Å². The van der Waals surface area contributed by atoms with Crippen molar-refractivity contribution in [2.75, 3.05) is 50.0 Å². The van der Waals surface area contributed by atoms with E-state index < -0.39 is 11.4 Å². The van der Waals surface area contributed by atoms with Crippen molar-refractivity contribution in [1.82, 2.24) is 14.1 Å². The molecular weight excluding hydrogens is 538 g/mol. The molecule has 1 aliphatic carbocycles. The zero-order chi connectivity index (χ0) is 27.6. The zero-order valence-electron chi connectivity index (χ0n) is 22.3. The van der Waals surface area contributed by atoms with Crippen LogP contribution in [-0.4, -0.2) is 58.0 Å². The molecule has 2 heterocycles. The number of halogens is 1. The fourth-order valence-corrected chi connectivity index (χ4v) is 5.90. The second-order valence-electron chi connectivity index (χ2n) is 10.3. The van der Waals surface area contributed by atoms with E-state index in [2.05, 4.69) is 16.9 Å². The van der Waals surface area contributed by atoms with Crippen LogP contribution in [0.15, 0.2) is 53.5 Å². The first kappa shape index (κ1) is 27.6. The molecule has 1 saturated heterocycles. The number of benzene rings is 2. The highest BCUT2D eigenvalue weighted by Gasteiger charge is 2.39. The molecule has 1 saturated carbocycles. The molecule has 2 aliphatic rings. The Morgan fingerprint density at radius 3 is 2.59 bits per heavy atom. The summed E-state index contributed by atoms with van der Waals surface area (Å²) in [7, 11) is 0. The van der Waals surface area contributed by atoms with Gasteiger partial charge in [0.25, 0.3) is 0 Å². The SMILES string of the molecule is CCOc1cc(C[S+]([O-])N2CCN(c3cnn(-c4cccc(Cl)c4)c(=O)c3OCC3(C)CC3)CC2)ccc1N. The number of rotatable bonds is 10. The summed E-state index contributed by atoms with van der Waals surface area (Å²) in [5.41, 5.74) is 8.48. The molecule has 2 N–H and O–H groups in total. The zero-order valence-corrected chi connectivity index (χ0v) is 23.8. The van der Waals surface area contributed by atoms with Crippen molar-refractivity contribution in [1.29, 1.82) is 0 Å². The third-order valence-electron chi connectivity index (χ3n) is 7.17. The van der Waals surface area contributed by atoms with Gasteiger partial charge in [0.15, 0.2) is 5.75 Å². The van der Waals surface area contributed by atoms with Crippen LogP contribution in [0.4, 0.5) is 11.4 Å². The summed E-state index contributed by atoms with van der Waals surface area (Å²) in [6.45, 7) is 7.40. The highest BCUT2D eigenvalue weighted by molar-refractivity contribution is 7.88. The largest absolute Gasteiger partial charge is 0.598 e. The summed E-state index contributed by atoms with van der Waals surface area (Å²) in [6, 6.07) is 12.6. The number of nitrogen functional groups attached to an aromatic ring is 1. The van der Waals surface area contributed by atoms with Gasteiger partial charge in [0.1, 0.15) is 11.4 Å². The summed E-state index contributed by atoms with van der Waals surface area (Å²) in [5.74, 6) is 1.28. The van der Waals surface area contributed by atoms with Crippen LogP contribution in [0.3, 0.4) is 0 Å². The molecule has 1 aliphatic heterocycles. The highest BCUT2D eigenvalue weighted by atomic mass is 35.5. The molecule has 0 amide bonds. The Morgan fingerprint density at radius 1 is 1.13 bits per heavy atom. The van der Waals surface area contributed by atoms with E-state index in [0.717, 1.165) is 18.4 Å². The predicted octanol–water partition coefficient (Wildman–Crippen LogP) is 4.03. The van der Waals surface area contributed by atoms with Crippen LogP contribution in [-0.2, 0) is 17.1 Å². The maximum absolute atomic E-state index is 13.6. The minimum atomic E-state index is -1.21. The van der Waals surface area contributed by atoms with E-state index in [-0.39, 0.29) is 16.7 Å². The molecule has 0 radical (unpaired) electrons. The lowest BCUT2D eigenvalue weighted by atomic mass is 10.2. The first-order valence-corrected chi connectivity index (χ1v) is 14.8. The molecule has 208 valence electrons. The van der Waals surface area contributed by atoms with Gasteiger partial charge in [0.05, 0.1) is 43.9 Å². The molecule has 1 unspecified atom stereocenters. The summed E-state index contributed by atoms with van der Waals surface area (Å²) < 4.78 is 28.2. The van der Waals surface area contributed by atoms with E-state index in [9.17, 15) is 9.35 Å². The van der Waals surface area contributed by atoms with Crippen molar-refractivity contribution in [3.05, 3.63) is 69.6 Å². The molecule has 9 nitrogen and oxygen atoms in total. The summed E-state index contributed by atoms with van der Waals surface area (Å²) in [5, 5.41) is 4.98. The molecule has 1 atom stereocenters. The quantitative estimate of drug-likeness (QED) is 0.287. The third kappa shape index (κ3) is 6.46. The van der Waals surface area contributed by atoms with Crippen molar-refractivity contribution in [3.8, 4) is 17.2 Å². The van der Waals surface area contributed by atoms with Gasteiger partial charge in [-0.05, 0) is 50.1 Å². The van der Waals surface area contributed by atoms with Crippen molar-refractivity contribution in [3.63, 3.8) is 0 Å². The number of ether oxygens (including phenoxy) is 2. The molecule has 1 aromatic heterocycles. The van der Waals surface area contributed by atoms with Crippen molar-refractivity contribution in [2.24, 2.45) is 5.41 Å². The van der Waals surface area contributed by atoms with Crippen LogP contribution >= 0.6 is 11.6 Å². The van der Waals surface area contributed by atoms with Gasteiger partial charge in [-0.1, -0.05) is 30.7 Å². The van der Waals surface area contributed by atoms with Gasteiger partial charge >= 0.3 is 5.56 Å². The van der Waals surface area contributed by atoms with Crippen LogP contribution in [0.2, 0.25) is 5.02 Å². The van der Waals surface area contributed by atoms with E-state index >= 15 is 0 Å². The first-order chi connectivity index (χ1) is 18.8. The van der Waals surface area contributed by atoms with Crippen LogP contribution < -0.4 is 25.7 Å². The maximum atomic E-state index is 13.6. The molecule has 39 heavy (non-hydrogen) atoms. The van der Waals surface area contributed by atoms with E-state index in [0.29, 0.717) is 73.0 Å². The van der Waals surface area contributed by atoms with Gasteiger partial charge in [0, 0.05) is 40.5 Å². The van der Waals surface area contributed by atoms with Gasteiger partial charge in [0.2, 0.25) is 5.75 Å². The van der Waals surface area contributed by atoms with Gasteiger partial charge in [-0.25, -0.2) is 0 Å². The first-order valence-electron chi connectivity index (χ1n) is 13.2. The molecule has 2 aromatic carbocycles. The van der Waals surface area contributed by atoms with E-state index in [1.54, 1.807) is 36.5 Å². The van der Waals surface area contributed by atoms with Gasteiger partial charge in [-0.2, -0.15) is 9.78 Å². The second-order valence-corrected chi connectivity index (χ2v) is 12.2. The Bertz CT molecular complexity index is 1370. The summed E-state index contributed by atoms with van der Waals surface area (Å²) in [6.07, 6.45) is 3.85. The van der Waals surface area contributed by atoms with Crippen LogP contribution in [0, 0.1) is 5.41 Å². The number of nitrogens with zero attached hydrogens (tertiary/aromatic N) is 4. The number of aromatic nitrogens is 2. The fourth-order valence-electron chi connectivity index (χ4n) is 4.50. The molecular formula is C28H34ClN5O4S. The molecule has 3 aromatic rings. The van der Waals surface area contributed by atoms with Crippen LogP contribution in [0.25, 0.3) is 5.69 Å². The van der Waals surface area contributed by atoms with Gasteiger partial charge in [-0.15, -0.1) is 4.31 Å². The average molecular weight is 572 g/mol. The minimum Gasteiger partial charge on any atom is -0.598 e. The third-order valence-corrected chi connectivity index (χ3v) is 8.93. The Morgan fingerprint density at radius 2 is 1.90 bits per heavy atom. The lowest BCUT2D eigenvalue weighted by Crippen LogP contribution is -2.49. The number of anilines is 2. The number of nitrogens with two attached hydrogens (primary N) is 1. The number of hydrogen-bond donors (Lipinski definition) is 1. The lowest BCUT2D eigenvalue weighted by Gasteiger charge is -2.36. The fraction of sp³-hybridized carbons (Fsp3) is 0.429. The average Bonchev–Trinajstić information content (AvgIpc) is 3.67. The van der Waals surface area contributed by atoms with Gasteiger partial charge < -0.3 is 24.7 Å². The van der Waals surface area contributed by atoms with Crippen molar-refractivity contribution in [2.45, 2.75) is 32.4 Å². The second kappa shape index (κ2) is 11.7. The Balaban J connectivity index is 1.31. The monoisotopic (exact) mass is 571 g/mol. The van der Waals surface area contributed by atoms with Crippen LogP contribution in [0.5, 0.6) is 11.5 Å². The number of piperazine rings is 1. The molecule has 11 heteroatoms. The minimum absolute atomic E-state index is 0.105. The lowest BCUT2D eigenvalue weighted by molar-refractivity contribution is 0.242. The van der Waals surface area contributed by atoms with Crippen LogP contribution in [0.1, 0.15) is 32.3 Å².